The third kappa shape index (κ3) is 3.66. The lowest BCUT2D eigenvalue weighted by atomic mass is 9.92. The van der Waals surface area contributed by atoms with Gasteiger partial charge in [0.2, 0.25) is 0 Å². The average Bonchev–Trinajstić information content (AvgIpc) is 2.58. The van der Waals surface area contributed by atoms with Crippen molar-refractivity contribution in [3.05, 3.63) is 94.5 Å². The fourth-order valence-electron chi connectivity index (χ4n) is 2.73. The Hall–Kier alpha value is -1.86. The summed E-state index contributed by atoms with van der Waals surface area (Å²) in [6.45, 7) is 2.29. The Morgan fingerprint density at radius 3 is 1.95 bits per heavy atom. The van der Waals surface area contributed by atoms with E-state index in [1.807, 2.05) is 0 Å². The van der Waals surface area contributed by atoms with Gasteiger partial charge in [0, 0.05) is 4.47 Å². The topological polar surface area (TPSA) is 0 Å². The summed E-state index contributed by atoms with van der Waals surface area (Å²) >= 11 is 3.49. The highest BCUT2D eigenvalue weighted by Gasteiger charge is 2.07. The molecule has 0 amide bonds. The van der Waals surface area contributed by atoms with Crippen molar-refractivity contribution in [1.82, 2.24) is 0 Å². The molecule has 0 spiro atoms. The van der Waals surface area contributed by atoms with Crippen molar-refractivity contribution in [3.8, 4) is 11.1 Å². The van der Waals surface area contributed by atoms with Crippen LogP contribution in [0, 0.1) is 0 Å². The fourth-order valence-corrected chi connectivity index (χ4v) is 2.99. The van der Waals surface area contributed by atoms with Crippen LogP contribution in [0.5, 0.6) is 0 Å². The minimum atomic E-state index is 0.519. The minimum Gasteiger partial charge on any atom is -0.0622 e. The third-order valence-electron chi connectivity index (χ3n) is 4.04. The van der Waals surface area contributed by atoms with Crippen LogP contribution in [0.2, 0.25) is 0 Å². The summed E-state index contributed by atoms with van der Waals surface area (Å²) in [5.41, 5.74) is 5.32. The summed E-state index contributed by atoms with van der Waals surface area (Å²) in [5, 5.41) is 0. The minimum absolute atomic E-state index is 0.519. The predicted molar refractivity (Wildman–Crippen MR) is 98.1 cm³/mol. The van der Waals surface area contributed by atoms with Gasteiger partial charge in [0.05, 0.1) is 0 Å². The Kier molecular flexibility index (Phi) is 4.74. The predicted octanol–water partition coefficient (Wildman–Crippen LogP) is 6.46. The molecule has 0 N–H and O–H groups in total. The van der Waals surface area contributed by atoms with Gasteiger partial charge in [-0.2, -0.15) is 0 Å². The summed E-state index contributed by atoms with van der Waals surface area (Å²) in [6, 6.07) is 28.1. The zero-order valence-electron chi connectivity index (χ0n) is 12.7. The molecule has 0 bridgehead atoms. The normalized spacial score (nSPS) is 12.1. The highest BCUT2D eigenvalue weighted by molar-refractivity contribution is 9.10. The molecule has 3 aromatic rings. The first-order valence-corrected chi connectivity index (χ1v) is 8.41. The maximum atomic E-state index is 3.49. The highest BCUT2D eigenvalue weighted by Crippen LogP contribution is 2.25. The van der Waals surface area contributed by atoms with Gasteiger partial charge in [-0.05, 0) is 46.7 Å². The van der Waals surface area contributed by atoms with Crippen LogP contribution in [0.4, 0.5) is 0 Å². The van der Waals surface area contributed by atoms with Gasteiger partial charge < -0.3 is 0 Å². The van der Waals surface area contributed by atoms with Gasteiger partial charge in [-0.3, -0.25) is 0 Å². The van der Waals surface area contributed by atoms with E-state index in [4.69, 9.17) is 0 Å². The van der Waals surface area contributed by atoms with Crippen molar-refractivity contribution in [2.75, 3.05) is 0 Å². The smallest absolute Gasteiger partial charge is 0.0175 e. The van der Waals surface area contributed by atoms with Gasteiger partial charge in [0.1, 0.15) is 0 Å². The van der Waals surface area contributed by atoms with Crippen LogP contribution in [0.1, 0.15) is 24.0 Å². The van der Waals surface area contributed by atoms with Crippen LogP contribution in [0.3, 0.4) is 0 Å². The first-order valence-electron chi connectivity index (χ1n) is 7.62. The van der Waals surface area contributed by atoms with Crippen LogP contribution in [-0.4, -0.2) is 0 Å². The summed E-state index contributed by atoms with van der Waals surface area (Å²) in [6.07, 6.45) is 1.07. The van der Waals surface area contributed by atoms with Crippen molar-refractivity contribution in [1.29, 1.82) is 0 Å². The molecule has 0 aliphatic rings. The SMILES string of the molecule is CC(Cc1ccc(Br)cc1)c1ccc(-c2ccccc2)cc1. The molecule has 110 valence electrons. The van der Waals surface area contributed by atoms with Crippen molar-refractivity contribution >= 4 is 15.9 Å². The summed E-state index contributed by atoms with van der Waals surface area (Å²) < 4.78 is 1.14. The van der Waals surface area contributed by atoms with E-state index in [1.54, 1.807) is 0 Å². The van der Waals surface area contributed by atoms with Crippen LogP contribution < -0.4 is 0 Å². The maximum Gasteiger partial charge on any atom is 0.0175 e. The third-order valence-corrected chi connectivity index (χ3v) is 4.57. The lowest BCUT2D eigenvalue weighted by Gasteiger charge is -2.13. The zero-order valence-corrected chi connectivity index (χ0v) is 14.3. The Balaban J connectivity index is 1.73. The molecule has 22 heavy (non-hydrogen) atoms. The molecule has 1 atom stereocenters. The van der Waals surface area contributed by atoms with Gasteiger partial charge in [0.25, 0.3) is 0 Å². The number of hydrogen-bond donors (Lipinski definition) is 0. The van der Waals surface area contributed by atoms with Crippen LogP contribution >= 0.6 is 15.9 Å². The van der Waals surface area contributed by atoms with Gasteiger partial charge >= 0.3 is 0 Å². The van der Waals surface area contributed by atoms with Gasteiger partial charge in [-0.1, -0.05) is 89.6 Å². The Morgan fingerprint density at radius 2 is 1.32 bits per heavy atom. The molecule has 0 saturated heterocycles. The quantitative estimate of drug-likeness (QED) is 0.506. The largest absolute Gasteiger partial charge is 0.0622 e. The number of benzene rings is 3. The lowest BCUT2D eigenvalue weighted by Crippen LogP contribution is -1.98. The number of hydrogen-bond acceptors (Lipinski definition) is 0. The van der Waals surface area contributed by atoms with Gasteiger partial charge in [-0.15, -0.1) is 0 Å². The van der Waals surface area contributed by atoms with E-state index in [-0.39, 0.29) is 0 Å². The van der Waals surface area contributed by atoms with Gasteiger partial charge in [-0.25, -0.2) is 0 Å². The molecular formula is C21H19Br. The average molecular weight is 351 g/mol. The zero-order chi connectivity index (χ0) is 15.4. The molecule has 0 fully saturated rings. The van der Waals surface area contributed by atoms with E-state index in [0.29, 0.717) is 5.92 Å². The van der Waals surface area contributed by atoms with Crippen LogP contribution in [0.25, 0.3) is 11.1 Å². The second kappa shape index (κ2) is 6.93. The summed E-state index contributed by atoms with van der Waals surface area (Å²) in [4.78, 5) is 0. The van der Waals surface area contributed by atoms with E-state index in [2.05, 4.69) is 102 Å². The van der Waals surface area contributed by atoms with E-state index in [1.165, 1.54) is 22.3 Å². The van der Waals surface area contributed by atoms with E-state index in [9.17, 15) is 0 Å². The molecule has 0 aromatic heterocycles. The van der Waals surface area contributed by atoms with Crippen molar-refractivity contribution in [3.63, 3.8) is 0 Å². The molecule has 3 rings (SSSR count). The molecule has 0 aliphatic heterocycles. The molecule has 1 unspecified atom stereocenters. The Bertz CT molecular complexity index is 712. The summed E-state index contributed by atoms with van der Waals surface area (Å²) in [7, 11) is 0. The second-order valence-electron chi connectivity index (χ2n) is 5.72. The first-order chi connectivity index (χ1) is 10.7. The van der Waals surface area contributed by atoms with Crippen molar-refractivity contribution in [2.24, 2.45) is 0 Å². The van der Waals surface area contributed by atoms with E-state index in [0.717, 1.165) is 10.9 Å². The fraction of sp³-hybridized carbons (Fsp3) is 0.143. The highest BCUT2D eigenvalue weighted by atomic mass is 79.9. The van der Waals surface area contributed by atoms with Crippen LogP contribution in [-0.2, 0) is 6.42 Å². The van der Waals surface area contributed by atoms with Crippen molar-refractivity contribution in [2.45, 2.75) is 19.3 Å². The van der Waals surface area contributed by atoms with Crippen LogP contribution in [0.15, 0.2) is 83.3 Å². The lowest BCUT2D eigenvalue weighted by molar-refractivity contribution is 0.759. The maximum absolute atomic E-state index is 3.49. The molecule has 0 saturated carbocycles. The summed E-state index contributed by atoms with van der Waals surface area (Å²) in [5.74, 6) is 0.519. The molecule has 1 heteroatoms. The van der Waals surface area contributed by atoms with E-state index >= 15 is 0 Å². The Labute approximate surface area is 141 Å². The Morgan fingerprint density at radius 1 is 0.727 bits per heavy atom. The molecule has 0 aliphatic carbocycles. The first kappa shape index (κ1) is 15.1. The number of halogens is 1. The van der Waals surface area contributed by atoms with E-state index < -0.39 is 0 Å². The van der Waals surface area contributed by atoms with Crippen molar-refractivity contribution < 1.29 is 0 Å². The standard InChI is InChI=1S/C21H19Br/c1-16(15-17-7-13-21(22)14-8-17)18-9-11-20(12-10-18)19-5-3-2-4-6-19/h2-14,16H,15H2,1H3. The second-order valence-corrected chi connectivity index (χ2v) is 6.64. The molecular weight excluding hydrogens is 332 g/mol. The van der Waals surface area contributed by atoms with Gasteiger partial charge in [0.15, 0.2) is 0 Å². The molecule has 0 heterocycles. The molecule has 0 radical (unpaired) electrons. The number of rotatable bonds is 4. The molecule has 0 nitrogen and oxygen atoms in total. The molecule has 3 aromatic carbocycles. The monoisotopic (exact) mass is 350 g/mol.